The van der Waals surface area contributed by atoms with Gasteiger partial charge >= 0.3 is 5.97 Å². The smallest absolute Gasteiger partial charge is 0.334 e. The zero-order chi connectivity index (χ0) is 13.8. The van der Waals surface area contributed by atoms with Crippen molar-refractivity contribution >= 4 is 5.97 Å². The van der Waals surface area contributed by atoms with Crippen LogP contribution in [0.4, 0.5) is 0 Å². The Hall–Kier alpha value is -1.32. The maximum atomic E-state index is 11.2. The van der Waals surface area contributed by atoms with E-state index in [0.29, 0.717) is 4.48 Å². The number of halogens is 1. The number of hydrogen-bond acceptors (Lipinski definition) is 2. The number of benzene rings is 1. The summed E-state index contributed by atoms with van der Waals surface area (Å²) in [5, 5.41) is 0. The Morgan fingerprint density at radius 2 is 1.89 bits per heavy atom. The fourth-order valence-corrected chi connectivity index (χ4v) is 1.65. The van der Waals surface area contributed by atoms with Crippen molar-refractivity contribution in [3.05, 3.63) is 48.0 Å². The molecule has 0 N–H and O–H groups in total. The average Bonchev–Trinajstić information content (AvgIpc) is 2.31. The molecule has 0 aliphatic heterocycles. The molecule has 1 unspecified atom stereocenters. The largest absolute Gasteiger partial charge is 1.00 e. The topological polar surface area (TPSA) is 26.3 Å². The highest BCUT2D eigenvalue weighted by atomic mass is 35.5. The minimum absolute atomic E-state index is 0. The number of nitrogens with zero attached hydrogens (tertiary/aromatic N) is 1. The summed E-state index contributed by atoms with van der Waals surface area (Å²) in [6, 6.07) is 8.40. The second kappa shape index (κ2) is 7.31. The van der Waals surface area contributed by atoms with Gasteiger partial charge in [0.05, 0.1) is 14.1 Å². The van der Waals surface area contributed by atoms with Gasteiger partial charge in [-0.3, -0.25) is 4.48 Å². The van der Waals surface area contributed by atoms with Gasteiger partial charge in [-0.05, 0) is 6.92 Å². The van der Waals surface area contributed by atoms with E-state index in [9.17, 15) is 4.79 Å². The van der Waals surface area contributed by atoms with Gasteiger partial charge in [0.1, 0.15) is 6.54 Å². The molecule has 0 aliphatic rings. The molecule has 0 aromatic heterocycles. The summed E-state index contributed by atoms with van der Waals surface area (Å²) >= 11 is 0. The molecule has 0 bridgehead atoms. The predicted octanol–water partition coefficient (Wildman–Crippen LogP) is -0.349. The molecule has 0 saturated heterocycles. The van der Waals surface area contributed by atoms with Crippen LogP contribution in [0.5, 0.6) is 0 Å². The first-order valence-electron chi connectivity index (χ1n) is 6.06. The lowest BCUT2D eigenvalue weighted by atomic mass is 10.1. The first-order valence-corrected chi connectivity index (χ1v) is 6.06. The number of hydrogen-bond donors (Lipinski definition) is 0. The molecule has 3 nitrogen and oxygen atoms in total. The van der Waals surface area contributed by atoms with Crippen LogP contribution in [0, 0.1) is 6.92 Å². The predicted molar refractivity (Wildman–Crippen MR) is 72.7 cm³/mol. The van der Waals surface area contributed by atoms with Crippen LogP contribution in [0.3, 0.4) is 0 Å². The highest BCUT2D eigenvalue weighted by Crippen LogP contribution is 2.15. The Morgan fingerprint density at radius 1 is 1.37 bits per heavy atom. The molecule has 106 valence electrons. The van der Waals surface area contributed by atoms with Gasteiger partial charge in [0.2, 0.25) is 6.23 Å². The maximum absolute atomic E-state index is 11.2. The van der Waals surface area contributed by atoms with E-state index >= 15 is 0 Å². The Bertz CT molecular complexity index is 426. The van der Waals surface area contributed by atoms with E-state index in [2.05, 4.69) is 37.8 Å². The van der Waals surface area contributed by atoms with Crippen LogP contribution in [0.1, 0.15) is 18.1 Å². The first kappa shape index (κ1) is 17.7. The second-order valence-corrected chi connectivity index (χ2v) is 5.16. The number of aryl methyl sites for hydroxylation is 1. The summed E-state index contributed by atoms with van der Waals surface area (Å²) in [4.78, 5) is 11.2. The average molecular weight is 284 g/mol. The van der Waals surface area contributed by atoms with Crippen molar-refractivity contribution in [3.8, 4) is 0 Å². The molecule has 0 saturated carbocycles. The molecule has 0 heterocycles. The third kappa shape index (κ3) is 5.45. The molecule has 0 radical (unpaired) electrons. The lowest BCUT2D eigenvalue weighted by Gasteiger charge is -2.34. The lowest BCUT2D eigenvalue weighted by molar-refractivity contribution is -0.945. The quantitative estimate of drug-likeness (QED) is 0.320. The summed E-state index contributed by atoms with van der Waals surface area (Å²) in [5.74, 6) is -0.377. The van der Waals surface area contributed by atoms with E-state index in [4.69, 9.17) is 4.74 Å². The van der Waals surface area contributed by atoms with Crippen LogP contribution in [-0.4, -0.2) is 30.8 Å². The molecule has 1 atom stereocenters. The number of esters is 1. The standard InChI is InChI=1S/C15H22NO2.ClH/c1-6-15(17)18-13(3)16(4,5)11-14-9-7-12(2)8-10-14;/h6-10,13H,1,11H2,2-5H3;1H/q+1;/p-1. The minimum Gasteiger partial charge on any atom is -1.00 e. The Labute approximate surface area is 121 Å². The summed E-state index contributed by atoms with van der Waals surface area (Å²) < 4.78 is 5.86. The van der Waals surface area contributed by atoms with Gasteiger partial charge in [-0.1, -0.05) is 36.4 Å². The van der Waals surface area contributed by atoms with E-state index in [-0.39, 0.29) is 24.6 Å². The molecule has 4 heteroatoms. The zero-order valence-electron chi connectivity index (χ0n) is 12.0. The van der Waals surface area contributed by atoms with Crippen LogP contribution >= 0.6 is 0 Å². The molecule has 1 rings (SSSR count). The third-order valence-electron chi connectivity index (χ3n) is 3.15. The van der Waals surface area contributed by atoms with Gasteiger partial charge in [0.25, 0.3) is 0 Å². The van der Waals surface area contributed by atoms with Gasteiger partial charge < -0.3 is 17.1 Å². The first-order chi connectivity index (χ1) is 8.35. The highest BCUT2D eigenvalue weighted by Gasteiger charge is 2.26. The molecule has 1 aromatic rings. The summed E-state index contributed by atoms with van der Waals surface area (Å²) in [6.45, 7) is 8.19. The van der Waals surface area contributed by atoms with Crippen molar-refractivity contribution in [2.45, 2.75) is 26.6 Å². The zero-order valence-corrected chi connectivity index (χ0v) is 12.8. The van der Waals surface area contributed by atoms with Gasteiger partial charge in [0, 0.05) is 18.6 Å². The van der Waals surface area contributed by atoms with Gasteiger partial charge in [0.15, 0.2) is 0 Å². The number of ether oxygens (including phenoxy) is 1. The normalized spacial score (nSPS) is 12.2. The third-order valence-corrected chi connectivity index (χ3v) is 3.15. The second-order valence-electron chi connectivity index (χ2n) is 5.16. The van der Waals surface area contributed by atoms with Crippen LogP contribution in [0.2, 0.25) is 0 Å². The van der Waals surface area contributed by atoms with Gasteiger partial charge in [-0.15, -0.1) is 0 Å². The number of quaternary nitrogens is 1. The molecular formula is C15H22ClNO2. The number of carbonyl (C=O) groups excluding carboxylic acids is 1. The molecular weight excluding hydrogens is 262 g/mol. The Kier molecular flexibility index (Phi) is 6.81. The Morgan fingerprint density at radius 3 is 2.37 bits per heavy atom. The molecule has 0 spiro atoms. The van der Waals surface area contributed by atoms with Crippen LogP contribution in [-0.2, 0) is 16.1 Å². The van der Waals surface area contributed by atoms with E-state index in [0.717, 1.165) is 6.54 Å². The monoisotopic (exact) mass is 283 g/mol. The summed E-state index contributed by atoms with van der Waals surface area (Å²) in [7, 11) is 4.09. The summed E-state index contributed by atoms with van der Waals surface area (Å²) in [5.41, 5.74) is 2.47. The van der Waals surface area contributed by atoms with Gasteiger partial charge in [-0.25, -0.2) is 4.79 Å². The molecule has 0 amide bonds. The van der Waals surface area contributed by atoms with Crippen molar-refractivity contribution in [2.24, 2.45) is 0 Å². The Balaban J connectivity index is 0.00000324. The fourth-order valence-electron chi connectivity index (χ4n) is 1.65. The van der Waals surface area contributed by atoms with Crippen LogP contribution < -0.4 is 12.4 Å². The lowest BCUT2D eigenvalue weighted by Crippen LogP contribution is -3.00. The van der Waals surface area contributed by atoms with Crippen LogP contribution in [0.25, 0.3) is 0 Å². The molecule has 1 aromatic carbocycles. The van der Waals surface area contributed by atoms with Crippen molar-refractivity contribution in [1.29, 1.82) is 0 Å². The van der Waals surface area contributed by atoms with E-state index in [1.165, 1.54) is 17.2 Å². The summed E-state index contributed by atoms with van der Waals surface area (Å²) in [6.07, 6.45) is 0.986. The van der Waals surface area contributed by atoms with Crippen LogP contribution in [0.15, 0.2) is 36.9 Å². The number of rotatable bonds is 5. The number of carbonyl (C=O) groups is 1. The SMILES string of the molecule is C=CC(=O)OC(C)[N+](C)(C)Cc1ccc(C)cc1.[Cl-]. The molecule has 19 heavy (non-hydrogen) atoms. The highest BCUT2D eigenvalue weighted by molar-refractivity contribution is 5.81. The van der Waals surface area contributed by atoms with Gasteiger partial charge in [-0.2, -0.15) is 0 Å². The van der Waals surface area contributed by atoms with E-state index in [1.807, 2.05) is 21.0 Å². The fraction of sp³-hybridized carbons (Fsp3) is 0.400. The van der Waals surface area contributed by atoms with E-state index in [1.54, 1.807) is 0 Å². The van der Waals surface area contributed by atoms with E-state index < -0.39 is 0 Å². The molecule has 0 fully saturated rings. The molecule has 0 aliphatic carbocycles. The minimum atomic E-state index is -0.377. The van der Waals surface area contributed by atoms with Crippen molar-refractivity contribution in [3.63, 3.8) is 0 Å². The van der Waals surface area contributed by atoms with Crippen molar-refractivity contribution in [2.75, 3.05) is 14.1 Å². The maximum Gasteiger partial charge on any atom is 0.334 e. The van der Waals surface area contributed by atoms with Crippen molar-refractivity contribution < 1.29 is 26.4 Å². The van der Waals surface area contributed by atoms with Crippen molar-refractivity contribution in [1.82, 2.24) is 0 Å².